The summed E-state index contributed by atoms with van der Waals surface area (Å²) in [6.07, 6.45) is 0. The fourth-order valence-electron chi connectivity index (χ4n) is 1.39. The van der Waals surface area contributed by atoms with E-state index >= 15 is 0 Å². The lowest BCUT2D eigenvalue weighted by Gasteiger charge is -2.05. The highest BCUT2D eigenvalue weighted by Gasteiger charge is 2.07. The van der Waals surface area contributed by atoms with Gasteiger partial charge in [0.25, 0.3) is 0 Å². The molecule has 0 saturated heterocycles. The second kappa shape index (κ2) is 5.83. The number of nitrogens with one attached hydrogen (secondary N) is 2. The minimum absolute atomic E-state index is 0.359. The largest absolute Gasteiger partial charge is 0.496 e. The number of ether oxygens (including phenoxy) is 1. The summed E-state index contributed by atoms with van der Waals surface area (Å²) in [6, 6.07) is 5.95. The molecule has 0 bridgehead atoms. The average Bonchev–Trinajstić information content (AvgIpc) is 2.77. The second-order valence-electron chi connectivity index (χ2n) is 3.51. The van der Waals surface area contributed by atoms with Crippen molar-refractivity contribution in [3.8, 4) is 5.75 Å². The Hall–Kier alpha value is -1.60. The summed E-state index contributed by atoms with van der Waals surface area (Å²) in [6.45, 7) is 0.543. The Labute approximate surface area is 113 Å². The summed E-state index contributed by atoms with van der Waals surface area (Å²) in [4.78, 5) is 0. The van der Waals surface area contributed by atoms with E-state index < -0.39 is 0 Å². The molecule has 2 N–H and O–H groups in total. The highest BCUT2D eigenvalue weighted by molar-refractivity contribution is 9.10. The SMILES string of the molecule is CNCc1nnc(Nc2ccc(OC)c(Br)c2)o1. The molecule has 2 rings (SSSR count). The summed E-state index contributed by atoms with van der Waals surface area (Å²) in [7, 11) is 3.44. The van der Waals surface area contributed by atoms with Gasteiger partial charge in [0.2, 0.25) is 5.89 Å². The van der Waals surface area contributed by atoms with Gasteiger partial charge in [0.15, 0.2) is 0 Å². The van der Waals surface area contributed by atoms with Crippen LogP contribution >= 0.6 is 15.9 Å². The number of aromatic nitrogens is 2. The molecule has 0 radical (unpaired) electrons. The fraction of sp³-hybridized carbons (Fsp3) is 0.273. The molecule has 1 aromatic heterocycles. The van der Waals surface area contributed by atoms with Crippen molar-refractivity contribution < 1.29 is 9.15 Å². The van der Waals surface area contributed by atoms with Crippen molar-refractivity contribution >= 4 is 27.6 Å². The Morgan fingerprint density at radius 3 is 2.89 bits per heavy atom. The number of benzene rings is 1. The van der Waals surface area contributed by atoms with Crippen molar-refractivity contribution in [1.29, 1.82) is 0 Å². The smallest absolute Gasteiger partial charge is 0.320 e. The Bertz CT molecular complexity index is 530. The normalized spacial score (nSPS) is 10.4. The van der Waals surface area contributed by atoms with E-state index in [1.807, 2.05) is 25.2 Å². The molecule has 18 heavy (non-hydrogen) atoms. The van der Waals surface area contributed by atoms with Crippen molar-refractivity contribution in [2.45, 2.75) is 6.54 Å². The molecule has 96 valence electrons. The first-order valence-corrected chi connectivity index (χ1v) is 6.09. The van der Waals surface area contributed by atoms with Gasteiger partial charge in [-0.3, -0.25) is 0 Å². The molecule has 0 aliphatic rings. The highest BCUT2D eigenvalue weighted by atomic mass is 79.9. The van der Waals surface area contributed by atoms with Gasteiger partial charge in [0, 0.05) is 5.69 Å². The summed E-state index contributed by atoms with van der Waals surface area (Å²) in [5.74, 6) is 1.30. The third kappa shape index (κ3) is 2.99. The van der Waals surface area contributed by atoms with Crippen LogP contribution in [0.3, 0.4) is 0 Å². The maximum Gasteiger partial charge on any atom is 0.320 e. The molecular weight excluding hydrogens is 300 g/mol. The quantitative estimate of drug-likeness (QED) is 0.882. The van der Waals surface area contributed by atoms with Gasteiger partial charge in [-0.05, 0) is 41.2 Å². The first-order chi connectivity index (χ1) is 8.72. The van der Waals surface area contributed by atoms with E-state index in [1.165, 1.54) is 0 Å². The average molecular weight is 313 g/mol. The van der Waals surface area contributed by atoms with E-state index in [0.717, 1.165) is 15.9 Å². The Morgan fingerprint density at radius 1 is 1.39 bits per heavy atom. The molecule has 7 heteroatoms. The predicted molar refractivity (Wildman–Crippen MR) is 71.0 cm³/mol. The highest BCUT2D eigenvalue weighted by Crippen LogP contribution is 2.28. The van der Waals surface area contributed by atoms with Crippen molar-refractivity contribution in [1.82, 2.24) is 15.5 Å². The number of anilines is 2. The van der Waals surface area contributed by atoms with Crippen LogP contribution in [0.2, 0.25) is 0 Å². The van der Waals surface area contributed by atoms with Crippen molar-refractivity contribution in [2.75, 3.05) is 19.5 Å². The monoisotopic (exact) mass is 312 g/mol. The van der Waals surface area contributed by atoms with Gasteiger partial charge in [0.05, 0.1) is 18.1 Å². The second-order valence-corrected chi connectivity index (χ2v) is 4.36. The Kier molecular flexibility index (Phi) is 4.16. The minimum Gasteiger partial charge on any atom is -0.496 e. The molecule has 1 heterocycles. The zero-order valence-corrected chi connectivity index (χ0v) is 11.6. The molecule has 0 saturated carbocycles. The molecule has 0 amide bonds. The number of hydrogen-bond acceptors (Lipinski definition) is 6. The summed E-state index contributed by atoms with van der Waals surface area (Å²) in [5, 5.41) is 13.7. The van der Waals surface area contributed by atoms with Crippen LogP contribution in [0.25, 0.3) is 0 Å². The van der Waals surface area contributed by atoms with Crippen LogP contribution < -0.4 is 15.4 Å². The van der Waals surface area contributed by atoms with Crippen LogP contribution in [-0.2, 0) is 6.54 Å². The third-order valence-electron chi connectivity index (χ3n) is 2.20. The lowest BCUT2D eigenvalue weighted by atomic mass is 10.3. The Balaban J connectivity index is 2.10. The maximum absolute atomic E-state index is 5.38. The maximum atomic E-state index is 5.38. The number of hydrogen-bond donors (Lipinski definition) is 2. The van der Waals surface area contributed by atoms with E-state index in [4.69, 9.17) is 9.15 Å². The molecule has 6 nitrogen and oxygen atoms in total. The van der Waals surface area contributed by atoms with E-state index in [-0.39, 0.29) is 0 Å². The molecule has 2 aromatic rings. The van der Waals surface area contributed by atoms with Crippen LogP contribution in [0, 0.1) is 0 Å². The molecule has 0 atom stereocenters. The van der Waals surface area contributed by atoms with Crippen molar-refractivity contribution in [3.63, 3.8) is 0 Å². The number of methoxy groups -OCH3 is 1. The molecule has 1 aromatic carbocycles. The van der Waals surface area contributed by atoms with E-state index in [2.05, 4.69) is 36.8 Å². The lowest BCUT2D eigenvalue weighted by Crippen LogP contribution is -2.04. The van der Waals surface area contributed by atoms with E-state index in [0.29, 0.717) is 18.5 Å². The number of rotatable bonds is 5. The summed E-state index contributed by atoms with van der Waals surface area (Å²) >= 11 is 3.41. The fourth-order valence-corrected chi connectivity index (χ4v) is 1.94. The van der Waals surface area contributed by atoms with Gasteiger partial charge in [-0.25, -0.2) is 0 Å². The minimum atomic E-state index is 0.359. The summed E-state index contributed by atoms with van der Waals surface area (Å²) in [5.41, 5.74) is 0.835. The van der Waals surface area contributed by atoms with Gasteiger partial charge in [-0.2, -0.15) is 0 Å². The summed E-state index contributed by atoms with van der Waals surface area (Å²) < 4.78 is 11.4. The van der Waals surface area contributed by atoms with Crippen LogP contribution in [0.4, 0.5) is 11.7 Å². The first-order valence-electron chi connectivity index (χ1n) is 5.30. The van der Waals surface area contributed by atoms with Gasteiger partial charge < -0.3 is 19.8 Å². The first kappa shape index (κ1) is 12.8. The Morgan fingerprint density at radius 2 is 2.22 bits per heavy atom. The number of halogens is 1. The van der Waals surface area contributed by atoms with Gasteiger partial charge in [-0.1, -0.05) is 5.10 Å². The molecule has 0 spiro atoms. The molecular formula is C11H13BrN4O2. The lowest BCUT2D eigenvalue weighted by molar-refractivity contribution is 0.412. The van der Waals surface area contributed by atoms with Crippen molar-refractivity contribution in [3.05, 3.63) is 28.6 Å². The van der Waals surface area contributed by atoms with Crippen molar-refractivity contribution in [2.24, 2.45) is 0 Å². The standard InChI is InChI=1S/C11H13BrN4O2/c1-13-6-10-15-16-11(18-10)14-7-3-4-9(17-2)8(12)5-7/h3-5,13H,6H2,1-2H3,(H,14,16). The van der Waals surface area contributed by atoms with E-state index in [1.54, 1.807) is 7.11 Å². The van der Waals surface area contributed by atoms with Crippen LogP contribution in [0.1, 0.15) is 5.89 Å². The molecule has 0 fully saturated rings. The molecule has 0 aliphatic heterocycles. The topological polar surface area (TPSA) is 72.2 Å². The predicted octanol–water partition coefficient (Wildman–Crippen LogP) is 2.30. The van der Waals surface area contributed by atoms with Gasteiger partial charge in [-0.15, -0.1) is 5.10 Å². The van der Waals surface area contributed by atoms with Crippen LogP contribution in [0.5, 0.6) is 5.75 Å². The van der Waals surface area contributed by atoms with Crippen LogP contribution in [0.15, 0.2) is 27.1 Å². The molecule has 0 aliphatic carbocycles. The zero-order chi connectivity index (χ0) is 13.0. The van der Waals surface area contributed by atoms with Crippen LogP contribution in [-0.4, -0.2) is 24.4 Å². The molecule has 0 unspecified atom stereocenters. The van der Waals surface area contributed by atoms with Gasteiger partial charge >= 0.3 is 6.01 Å². The van der Waals surface area contributed by atoms with E-state index in [9.17, 15) is 0 Å². The van der Waals surface area contributed by atoms with Gasteiger partial charge in [0.1, 0.15) is 5.75 Å². The number of nitrogens with zero attached hydrogens (tertiary/aromatic N) is 2. The third-order valence-corrected chi connectivity index (χ3v) is 2.82. The zero-order valence-electron chi connectivity index (χ0n) is 10.0.